The number of esters is 1. The minimum atomic E-state index is -0.912. The zero-order valence-corrected chi connectivity index (χ0v) is 21.0. The molecule has 0 bridgehead atoms. The maximum Gasteiger partial charge on any atom is 0.328 e. The molecular formula is C24H21BClFN6O5. The van der Waals surface area contributed by atoms with Gasteiger partial charge in [-0.3, -0.25) is 14.6 Å². The summed E-state index contributed by atoms with van der Waals surface area (Å²) in [7, 11) is 8.00. The molecule has 2 atom stereocenters. The molecule has 14 heteroatoms. The zero-order valence-electron chi connectivity index (χ0n) is 20.3. The van der Waals surface area contributed by atoms with Gasteiger partial charge in [0.1, 0.15) is 11.9 Å². The molecule has 4 rings (SSSR count). The highest BCUT2D eigenvalue weighted by atomic mass is 35.5. The van der Waals surface area contributed by atoms with Gasteiger partial charge in [0.2, 0.25) is 7.85 Å². The quantitative estimate of drug-likeness (QED) is 0.344. The SMILES string of the molecule is [B]C(=O)N1C[C@H](NC(=O)c2cnccc2Nc2nc(-c3cc(Cl)ccc3F)ncc2OC)CC1C(=O)OC. The number of aromatic nitrogens is 3. The number of benzene rings is 1. The van der Waals surface area contributed by atoms with Crippen molar-refractivity contribution in [3.63, 3.8) is 0 Å². The highest BCUT2D eigenvalue weighted by Crippen LogP contribution is 2.31. The van der Waals surface area contributed by atoms with E-state index in [0.29, 0.717) is 10.7 Å². The molecule has 1 unspecified atom stereocenters. The van der Waals surface area contributed by atoms with Crippen LogP contribution in [0.3, 0.4) is 0 Å². The van der Waals surface area contributed by atoms with Gasteiger partial charge < -0.3 is 25.0 Å². The first-order valence-corrected chi connectivity index (χ1v) is 11.6. The van der Waals surface area contributed by atoms with E-state index >= 15 is 0 Å². The number of ether oxygens (including phenoxy) is 2. The molecule has 1 saturated heterocycles. The fourth-order valence-electron chi connectivity index (χ4n) is 4.03. The maximum absolute atomic E-state index is 14.4. The standard InChI is InChI=1S/C24H21BClFN6O5/c1-37-19-10-29-20(14-7-12(26)3-4-16(14)27)32-21(19)31-17-5-6-28-9-15(17)22(34)30-13-8-18(23(35)38-2)33(11-13)24(25)36/h3-7,9-10,13,18H,8,11H2,1-2H3,(H,30,34)(H,28,29,31,32)/t13-,18?/m1/s1. The topological polar surface area (TPSA) is 136 Å². The molecule has 0 spiro atoms. The van der Waals surface area contributed by atoms with Gasteiger partial charge in [0.05, 0.1) is 37.2 Å². The van der Waals surface area contributed by atoms with E-state index in [1.165, 1.54) is 57.1 Å². The fourth-order valence-corrected chi connectivity index (χ4v) is 4.20. The van der Waals surface area contributed by atoms with Crippen molar-refractivity contribution in [3.8, 4) is 17.1 Å². The van der Waals surface area contributed by atoms with E-state index in [0.717, 1.165) is 4.90 Å². The van der Waals surface area contributed by atoms with Crippen LogP contribution in [0.4, 0.5) is 20.7 Å². The van der Waals surface area contributed by atoms with Crippen LogP contribution in [-0.4, -0.2) is 78.2 Å². The minimum absolute atomic E-state index is 0.0259. The second-order valence-electron chi connectivity index (χ2n) is 8.22. The monoisotopic (exact) mass is 538 g/mol. The molecule has 1 aliphatic rings. The van der Waals surface area contributed by atoms with Crippen molar-refractivity contribution in [2.24, 2.45) is 0 Å². The molecule has 1 fully saturated rings. The summed E-state index contributed by atoms with van der Waals surface area (Å²) in [5.74, 6) is -2.11. The number of nitrogens with zero attached hydrogens (tertiary/aromatic N) is 4. The Kier molecular flexibility index (Phi) is 8.06. The molecule has 38 heavy (non-hydrogen) atoms. The Hall–Kier alpha value is -4.26. The lowest BCUT2D eigenvalue weighted by molar-refractivity contribution is -0.144. The lowest BCUT2D eigenvalue weighted by Gasteiger charge is -2.21. The molecule has 3 aromatic rings. The second kappa shape index (κ2) is 11.4. The Morgan fingerprint density at radius 3 is 2.71 bits per heavy atom. The summed E-state index contributed by atoms with van der Waals surface area (Å²) in [4.78, 5) is 50.7. The van der Waals surface area contributed by atoms with Crippen LogP contribution >= 0.6 is 11.6 Å². The molecule has 0 aliphatic carbocycles. The minimum Gasteiger partial charge on any atom is -0.491 e. The summed E-state index contributed by atoms with van der Waals surface area (Å²) in [5, 5.41) is 6.11. The number of hydrogen-bond acceptors (Lipinski definition) is 9. The normalized spacial score (nSPS) is 16.6. The molecule has 11 nitrogen and oxygen atoms in total. The predicted octanol–water partition coefficient (Wildman–Crippen LogP) is 2.72. The third kappa shape index (κ3) is 5.67. The number of carbonyl (C=O) groups is 3. The summed E-state index contributed by atoms with van der Waals surface area (Å²) in [6.07, 6.45) is 4.28. The van der Waals surface area contributed by atoms with E-state index < -0.39 is 35.6 Å². The molecule has 2 amide bonds. The van der Waals surface area contributed by atoms with Crippen molar-refractivity contribution in [2.75, 3.05) is 26.1 Å². The summed E-state index contributed by atoms with van der Waals surface area (Å²) in [6.45, 7) is 0.0259. The number of nitrogens with one attached hydrogen (secondary N) is 2. The number of halogens is 2. The van der Waals surface area contributed by atoms with Gasteiger partial charge in [-0.25, -0.2) is 19.2 Å². The van der Waals surface area contributed by atoms with Crippen LogP contribution in [-0.2, 0) is 9.53 Å². The fraction of sp³-hybridized carbons (Fsp3) is 0.250. The molecule has 2 radical (unpaired) electrons. The number of likely N-dealkylation sites (tertiary alicyclic amines) is 1. The summed E-state index contributed by atoms with van der Waals surface area (Å²) in [5.41, 5.74) is 0.522. The largest absolute Gasteiger partial charge is 0.491 e. The van der Waals surface area contributed by atoms with Gasteiger partial charge in [-0.15, -0.1) is 0 Å². The van der Waals surface area contributed by atoms with E-state index in [1.807, 2.05) is 0 Å². The van der Waals surface area contributed by atoms with Crippen molar-refractivity contribution in [1.29, 1.82) is 0 Å². The second-order valence-corrected chi connectivity index (χ2v) is 8.65. The van der Waals surface area contributed by atoms with Crippen molar-refractivity contribution < 1.29 is 28.2 Å². The number of methoxy groups -OCH3 is 2. The van der Waals surface area contributed by atoms with E-state index in [-0.39, 0.29) is 41.5 Å². The van der Waals surface area contributed by atoms with Gasteiger partial charge >= 0.3 is 5.97 Å². The number of carbonyl (C=O) groups excluding carboxylic acids is 3. The van der Waals surface area contributed by atoms with Crippen LogP contribution < -0.4 is 15.4 Å². The van der Waals surface area contributed by atoms with Gasteiger partial charge in [0.25, 0.3) is 5.91 Å². The summed E-state index contributed by atoms with van der Waals surface area (Å²) >= 11 is 6.01. The molecule has 1 aromatic carbocycles. The van der Waals surface area contributed by atoms with Crippen LogP contribution in [0.5, 0.6) is 5.75 Å². The van der Waals surface area contributed by atoms with Gasteiger partial charge in [0.15, 0.2) is 23.2 Å². The molecule has 2 aromatic heterocycles. The number of anilines is 2. The van der Waals surface area contributed by atoms with E-state index in [1.54, 1.807) is 0 Å². The van der Waals surface area contributed by atoms with Crippen molar-refractivity contribution in [2.45, 2.75) is 18.5 Å². The van der Waals surface area contributed by atoms with Crippen molar-refractivity contribution in [1.82, 2.24) is 25.2 Å². The Bertz CT molecular complexity index is 1400. The maximum atomic E-state index is 14.4. The molecule has 0 saturated carbocycles. The van der Waals surface area contributed by atoms with Crippen molar-refractivity contribution >= 4 is 48.6 Å². The average molecular weight is 539 g/mol. The molecule has 1 aliphatic heterocycles. The van der Waals surface area contributed by atoms with Gasteiger partial charge in [-0.05, 0) is 24.3 Å². The van der Waals surface area contributed by atoms with Crippen LogP contribution in [0, 0.1) is 5.82 Å². The number of hydrogen-bond donors (Lipinski definition) is 2. The third-order valence-corrected chi connectivity index (χ3v) is 6.09. The summed E-state index contributed by atoms with van der Waals surface area (Å²) < 4.78 is 24.5. The molecule has 2 N–H and O–H groups in total. The van der Waals surface area contributed by atoms with Crippen LogP contribution in [0.15, 0.2) is 42.9 Å². The molecule has 194 valence electrons. The van der Waals surface area contributed by atoms with Crippen LogP contribution in [0.1, 0.15) is 16.8 Å². The van der Waals surface area contributed by atoms with E-state index in [9.17, 15) is 18.8 Å². The smallest absolute Gasteiger partial charge is 0.328 e. The molecular weight excluding hydrogens is 518 g/mol. The first kappa shape index (κ1) is 26.8. The summed E-state index contributed by atoms with van der Waals surface area (Å²) in [6, 6.07) is 4.06. The number of pyridine rings is 1. The Morgan fingerprint density at radius 2 is 2.00 bits per heavy atom. The van der Waals surface area contributed by atoms with Gasteiger partial charge in [-0.1, -0.05) is 11.6 Å². The Balaban J connectivity index is 1.59. The van der Waals surface area contributed by atoms with Gasteiger partial charge in [0, 0.05) is 36.4 Å². The first-order valence-electron chi connectivity index (χ1n) is 11.2. The van der Waals surface area contributed by atoms with E-state index in [2.05, 4.69) is 25.6 Å². The number of amides is 2. The lowest BCUT2D eigenvalue weighted by Crippen LogP contribution is -2.41. The molecule has 3 heterocycles. The highest BCUT2D eigenvalue weighted by Gasteiger charge is 2.39. The third-order valence-electron chi connectivity index (χ3n) is 5.86. The zero-order chi connectivity index (χ0) is 27.4. The Labute approximate surface area is 223 Å². The van der Waals surface area contributed by atoms with E-state index in [4.69, 9.17) is 28.9 Å². The van der Waals surface area contributed by atoms with Gasteiger partial charge in [-0.2, -0.15) is 0 Å². The van der Waals surface area contributed by atoms with Crippen LogP contribution in [0.2, 0.25) is 5.02 Å². The number of rotatable bonds is 7. The highest BCUT2D eigenvalue weighted by molar-refractivity contribution is 6.57. The average Bonchev–Trinajstić information content (AvgIpc) is 3.34. The lowest BCUT2D eigenvalue weighted by atomic mass is 10.1. The Morgan fingerprint density at radius 1 is 1.21 bits per heavy atom. The predicted molar refractivity (Wildman–Crippen MR) is 136 cm³/mol. The van der Waals surface area contributed by atoms with Crippen molar-refractivity contribution in [3.05, 3.63) is 59.3 Å². The van der Waals surface area contributed by atoms with Crippen LogP contribution in [0.25, 0.3) is 11.4 Å². The first-order chi connectivity index (χ1) is 18.2.